The van der Waals surface area contributed by atoms with Gasteiger partial charge < -0.3 is 9.47 Å². The van der Waals surface area contributed by atoms with E-state index in [-0.39, 0.29) is 11.7 Å². The van der Waals surface area contributed by atoms with Gasteiger partial charge in [0.25, 0.3) is 5.78 Å². The molecule has 1 aliphatic carbocycles. The van der Waals surface area contributed by atoms with E-state index in [1.165, 1.54) is 10.8 Å². The van der Waals surface area contributed by atoms with Gasteiger partial charge in [0.2, 0.25) is 0 Å². The van der Waals surface area contributed by atoms with Crippen LogP contribution in [0.3, 0.4) is 0 Å². The first-order valence-corrected chi connectivity index (χ1v) is 7.64. The van der Waals surface area contributed by atoms with Gasteiger partial charge >= 0.3 is 0 Å². The molecule has 0 radical (unpaired) electrons. The van der Waals surface area contributed by atoms with Gasteiger partial charge in [-0.1, -0.05) is 6.07 Å². The summed E-state index contributed by atoms with van der Waals surface area (Å²) >= 11 is 0. The van der Waals surface area contributed by atoms with Crippen molar-refractivity contribution in [3.05, 3.63) is 47.5 Å². The minimum Gasteiger partial charge on any atom is -0.497 e. The molecular formula is C17H16N4O3. The SMILES string of the molecule is COc1ccc([C@H]2CC(=O)c3cn4ncnc4nc3C2)c(OC)c1. The number of benzene rings is 1. The summed E-state index contributed by atoms with van der Waals surface area (Å²) in [5.74, 6) is 2.03. The van der Waals surface area contributed by atoms with E-state index in [2.05, 4.69) is 15.1 Å². The van der Waals surface area contributed by atoms with Gasteiger partial charge in [-0.2, -0.15) is 10.1 Å². The highest BCUT2D eigenvalue weighted by Crippen LogP contribution is 2.38. The third-order valence-electron chi connectivity index (χ3n) is 4.40. The second kappa shape index (κ2) is 5.59. The lowest BCUT2D eigenvalue weighted by atomic mass is 9.82. The maximum absolute atomic E-state index is 12.6. The molecule has 0 unspecified atom stereocenters. The van der Waals surface area contributed by atoms with Crippen LogP contribution in [0.5, 0.6) is 11.5 Å². The highest BCUT2D eigenvalue weighted by atomic mass is 16.5. The molecule has 0 aliphatic heterocycles. The van der Waals surface area contributed by atoms with Crippen LogP contribution in [0, 0.1) is 0 Å². The molecule has 0 N–H and O–H groups in total. The Morgan fingerprint density at radius 2 is 2.08 bits per heavy atom. The van der Waals surface area contributed by atoms with Crippen molar-refractivity contribution in [3.63, 3.8) is 0 Å². The minimum atomic E-state index is 0.0173. The van der Waals surface area contributed by atoms with Crippen molar-refractivity contribution >= 4 is 11.6 Å². The number of Topliss-reactive ketones (excluding diaryl/α,β-unsaturated/α-hetero) is 1. The third-order valence-corrected chi connectivity index (χ3v) is 4.40. The Labute approximate surface area is 138 Å². The van der Waals surface area contributed by atoms with Crippen molar-refractivity contribution < 1.29 is 14.3 Å². The number of fused-ring (bicyclic) bond motifs is 2. The third kappa shape index (κ3) is 2.29. The Balaban J connectivity index is 1.75. The van der Waals surface area contributed by atoms with Crippen LogP contribution in [0.15, 0.2) is 30.7 Å². The number of ketones is 1. The van der Waals surface area contributed by atoms with Crippen LogP contribution in [-0.4, -0.2) is 39.6 Å². The van der Waals surface area contributed by atoms with Gasteiger partial charge in [-0.15, -0.1) is 0 Å². The summed E-state index contributed by atoms with van der Waals surface area (Å²) in [7, 11) is 3.23. The van der Waals surface area contributed by atoms with Gasteiger partial charge in [0, 0.05) is 24.6 Å². The standard InChI is InChI=1S/C17H16N4O3/c1-23-11-3-4-12(16(7-11)24-2)10-5-14-13(15(22)6-10)8-21-17(20-14)18-9-19-21/h3-4,7-10H,5-6H2,1-2H3/t10-/m1/s1. The smallest absolute Gasteiger partial charge is 0.252 e. The zero-order valence-corrected chi connectivity index (χ0v) is 13.4. The van der Waals surface area contributed by atoms with Gasteiger partial charge in [-0.25, -0.2) is 9.50 Å². The summed E-state index contributed by atoms with van der Waals surface area (Å²) in [6, 6.07) is 5.67. The van der Waals surface area contributed by atoms with Gasteiger partial charge in [0.1, 0.15) is 17.8 Å². The van der Waals surface area contributed by atoms with Crippen molar-refractivity contribution in [2.45, 2.75) is 18.8 Å². The van der Waals surface area contributed by atoms with Gasteiger partial charge in [0.15, 0.2) is 5.78 Å². The molecule has 1 aliphatic rings. The molecule has 3 aromatic rings. The number of nitrogens with zero attached hydrogens (tertiary/aromatic N) is 4. The van der Waals surface area contributed by atoms with Crippen LogP contribution in [0.1, 0.15) is 34.0 Å². The van der Waals surface area contributed by atoms with Crippen molar-refractivity contribution in [3.8, 4) is 11.5 Å². The molecule has 2 aromatic heterocycles. The summed E-state index contributed by atoms with van der Waals surface area (Å²) < 4.78 is 12.3. The predicted molar refractivity (Wildman–Crippen MR) is 85.7 cm³/mol. The molecule has 122 valence electrons. The van der Waals surface area contributed by atoms with E-state index >= 15 is 0 Å². The number of carbonyl (C=O) groups excluding carboxylic acids is 1. The maximum atomic E-state index is 12.6. The monoisotopic (exact) mass is 324 g/mol. The molecule has 0 bridgehead atoms. The number of carbonyl (C=O) groups is 1. The number of rotatable bonds is 3. The van der Waals surface area contributed by atoms with Gasteiger partial charge in [-0.05, 0) is 18.1 Å². The zero-order chi connectivity index (χ0) is 16.7. The van der Waals surface area contributed by atoms with Gasteiger partial charge in [-0.3, -0.25) is 4.79 Å². The molecule has 0 saturated heterocycles. The molecule has 0 fully saturated rings. The van der Waals surface area contributed by atoms with E-state index in [0.29, 0.717) is 24.2 Å². The first kappa shape index (κ1) is 14.6. The minimum absolute atomic E-state index is 0.0173. The van der Waals surface area contributed by atoms with E-state index in [0.717, 1.165) is 22.8 Å². The molecular weight excluding hydrogens is 308 g/mol. The average molecular weight is 324 g/mol. The van der Waals surface area contributed by atoms with E-state index < -0.39 is 0 Å². The summed E-state index contributed by atoms with van der Waals surface area (Å²) in [6.07, 6.45) is 4.22. The Kier molecular flexibility index (Phi) is 3.41. The summed E-state index contributed by atoms with van der Waals surface area (Å²) in [6.45, 7) is 0. The predicted octanol–water partition coefficient (Wildman–Crippen LogP) is 2.05. The number of aromatic nitrogens is 4. The molecule has 2 heterocycles. The summed E-state index contributed by atoms with van der Waals surface area (Å²) in [5.41, 5.74) is 2.37. The zero-order valence-electron chi connectivity index (χ0n) is 13.4. The second-order valence-electron chi connectivity index (χ2n) is 5.74. The number of hydrogen-bond donors (Lipinski definition) is 0. The maximum Gasteiger partial charge on any atom is 0.252 e. The fraction of sp³-hybridized carbons (Fsp3) is 0.294. The normalized spacial score (nSPS) is 16.9. The first-order valence-electron chi connectivity index (χ1n) is 7.64. The molecule has 0 saturated carbocycles. The fourth-order valence-electron chi connectivity index (χ4n) is 3.20. The topological polar surface area (TPSA) is 78.6 Å². The van der Waals surface area contributed by atoms with E-state index in [9.17, 15) is 4.79 Å². The van der Waals surface area contributed by atoms with E-state index in [1.807, 2.05) is 18.2 Å². The van der Waals surface area contributed by atoms with Crippen LogP contribution < -0.4 is 9.47 Å². The Morgan fingerprint density at radius 1 is 1.21 bits per heavy atom. The molecule has 1 atom stereocenters. The van der Waals surface area contributed by atoms with Crippen LogP contribution in [0.2, 0.25) is 0 Å². The molecule has 0 amide bonds. The van der Waals surface area contributed by atoms with Crippen LogP contribution in [0.4, 0.5) is 0 Å². The Morgan fingerprint density at radius 3 is 2.88 bits per heavy atom. The molecule has 7 heteroatoms. The molecule has 1 aromatic carbocycles. The van der Waals surface area contributed by atoms with Crippen LogP contribution >= 0.6 is 0 Å². The quantitative estimate of drug-likeness (QED) is 0.734. The van der Waals surface area contributed by atoms with E-state index in [1.54, 1.807) is 20.4 Å². The first-order chi connectivity index (χ1) is 11.7. The largest absolute Gasteiger partial charge is 0.497 e. The van der Waals surface area contributed by atoms with Crippen LogP contribution in [-0.2, 0) is 6.42 Å². The molecule has 7 nitrogen and oxygen atoms in total. The molecule has 24 heavy (non-hydrogen) atoms. The molecule has 4 rings (SSSR count). The van der Waals surface area contributed by atoms with Crippen molar-refractivity contribution in [1.82, 2.24) is 19.6 Å². The van der Waals surface area contributed by atoms with Crippen molar-refractivity contribution in [2.75, 3.05) is 14.2 Å². The number of ether oxygens (including phenoxy) is 2. The number of hydrogen-bond acceptors (Lipinski definition) is 6. The summed E-state index contributed by atoms with van der Waals surface area (Å²) in [4.78, 5) is 21.2. The van der Waals surface area contributed by atoms with E-state index in [4.69, 9.17) is 9.47 Å². The van der Waals surface area contributed by atoms with Gasteiger partial charge in [0.05, 0.1) is 25.5 Å². The number of methoxy groups -OCH3 is 2. The van der Waals surface area contributed by atoms with Crippen molar-refractivity contribution in [1.29, 1.82) is 0 Å². The molecule has 0 spiro atoms. The second-order valence-corrected chi connectivity index (χ2v) is 5.74. The lowest BCUT2D eigenvalue weighted by Gasteiger charge is -2.24. The lowest BCUT2D eigenvalue weighted by molar-refractivity contribution is 0.0962. The van der Waals surface area contributed by atoms with Crippen LogP contribution in [0.25, 0.3) is 5.78 Å². The Hall–Kier alpha value is -2.96. The lowest BCUT2D eigenvalue weighted by Crippen LogP contribution is -2.21. The average Bonchev–Trinajstić information content (AvgIpc) is 3.06. The van der Waals surface area contributed by atoms with Crippen molar-refractivity contribution in [2.24, 2.45) is 0 Å². The highest BCUT2D eigenvalue weighted by molar-refractivity contribution is 5.98. The fourth-order valence-corrected chi connectivity index (χ4v) is 3.20. The Bertz CT molecular complexity index is 935. The highest BCUT2D eigenvalue weighted by Gasteiger charge is 2.30. The summed E-state index contributed by atoms with van der Waals surface area (Å²) in [5, 5.41) is 4.04.